The Hall–Kier alpha value is -3.06. The van der Waals surface area contributed by atoms with Gasteiger partial charge in [-0.25, -0.2) is 0 Å². The Morgan fingerprint density at radius 1 is 1.21 bits per heavy atom. The van der Waals surface area contributed by atoms with Crippen molar-refractivity contribution < 1.29 is 9.53 Å². The lowest BCUT2D eigenvalue weighted by atomic mass is 10.1. The van der Waals surface area contributed by atoms with Crippen molar-refractivity contribution in [2.75, 3.05) is 7.11 Å². The standard InChI is InChI=1S/C21H20N4O2S/c1-25-13-15(17-5-3-4-6-18(17)25)12-22-24-21-23-20(26)19(28-21)11-14-7-9-16(27-2)10-8-14/h3-10,12-13,19H,11H2,1-2H3,(H,23,24,26)/b22-12-/t19-/m0/s1. The first kappa shape index (κ1) is 18.3. The largest absolute Gasteiger partial charge is 0.497 e. The molecule has 0 radical (unpaired) electrons. The van der Waals surface area contributed by atoms with E-state index in [2.05, 4.69) is 32.2 Å². The van der Waals surface area contributed by atoms with Crippen LogP contribution in [0.2, 0.25) is 0 Å². The molecule has 1 aromatic heterocycles. The van der Waals surface area contributed by atoms with Gasteiger partial charge in [-0.15, -0.1) is 5.10 Å². The average Bonchev–Trinajstić information content (AvgIpc) is 3.22. The molecule has 3 aromatic rings. The van der Waals surface area contributed by atoms with Gasteiger partial charge >= 0.3 is 0 Å². The number of aryl methyl sites for hydroxylation is 1. The fourth-order valence-electron chi connectivity index (χ4n) is 3.18. The molecule has 28 heavy (non-hydrogen) atoms. The third kappa shape index (κ3) is 3.80. The molecule has 0 aliphatic carbocycles. The van der Waals surface area contributed by atoms with Crippen LogP contribution in [0.3, 0.4) is 0 Å². The Morgan fingerprint density at radius 3 is 2.79 bits per heavy atom. The van der Waals surface area contributed by atoms with Gasteiger partial charge in [0.1, 0.15) is 5.75 Å². The number of aromatic nitrogens is 1. The maximum Gasteiger partial charge on any atom is 0.239 e. The molecule has 4 rings (SSSR count). The van der Waals surface area contributed by atoms with Crippen LogP contribution in [0.1, 0.15) is 11.1 Å². The SMILES string of the molecule is COc1ccc(C[C@@H]2S/C(=N\N=C/c3cn(C)c4ccccc34)NC2=O)cc1. The van der Waals surface area contributed by atoms with Crippen molar-refractivity contribution in [3.05, 3.63) is 65.9 Å². The zero-order chi connectivity index (χ0) is 19.5. The molecule has 1 saturated heterocycles. The zero-order valence-corrected chi connectivity index (χ0v) is 16.4. The van der Waals surface area contributed by atoms with Crippen molar-refractivity contribution in [1.29, 1.82) is 0 Å². The number of methoxy groups -OCH3 is 1. The first-order valence-corrected chi connectivity index (χ1v) is 9.77. The van der Waals surface area contributed by atoms with Gasteiger partial charge in [0.2, 0.25) is 5.91 Å². The molecule has 0 saturated carbocycles. The molecule has 0 bridgehead atoms. The molecular weight excluding hydrogens is 372 g/mol. The van der Waals surface area contributed by atoms with E-state index in [0.717, 1.165) is 27.8 Å². The second-order valence-electron chi connectivity index (χ2n) is 6.51. The number of hydrogen-bond donors (Lipinski definition) is 1. The molecule has 1 atom stereocenters. The number of fused-ring (bicyclic) bond motifs is 1. The minimum absolute atomic E-state index is 0.0417. The third-order valence-electron chi connectivity index (χ3n) is 4.63. The van der Waals surface area contributed by atoms with Gasteiger partial charge in [0.05, 0.1) is 18.6 Å². The Kier molecular flexibility index (Phi) is 5.16. The number of carbonyl (C=O) groups is 1. The summed E-state index contributed by atoms with van der Waals surface area (Å²) in [6, 6.07) is 15.9. The summed E-state index contributed by atoms with van der Waals surface area (Å²) in [6.45, 7) is 0. The van der Waals surface area contributed by atoms with Gasteiger partial charge in [0.25, 0.3) is 0 Å². The van der Waals surface area contributed by atoms with E-state index in [9.17, 15) is 4.79 Å². The fraction of sp³-hybridized carbons (Fsp3) is 0.190. The number of hydrogen-bond acceptors (Lipinski definition) is 5. The van der Waals surface area contributed by atoms with Gasteiger partial charge in [-0.1, -0.05) is 42.1 Å². The van der Waals surface area contributed by atoms with E-state index in [-0.39, 0.29) is 11.2 Å². The Balaban J connectivity index is 1.44. The van der Waals surface area contributed by atoms with Crippen LogP contribution in [-0.2, 0) is 18.3 Å². The minimum atomic E-state index is -0.208. The third-order valence-corrected chi connectivity index (χ3v) is 5.70. The molecule has 0 spiro atoms. The molecule has 2 heterocycles. The van der Waals surface area contributed by atoms with Crippen LogP contribution in [-0.4, -0.2) is 34.2 Å². The highest BCUT2D eigenvalue weighted by Crippen LogP contribution is 2.24. The zero-order valence-electron chi connectivity index (χ0n) is 15.6. The van der Waals surface area contributed by atoms with Crippen LogP contribution in [0.4, 0.5) is 0 Å². The number of nitrogens with one attached hydrogen (secondary N) is 1. The van der Waals surface area contributed by atoms with Gasteiger partial charge in [0, 0.05) is 29.7 Å². The lowest BCUT2D eigenvalue weighted by molar-refractivity contribution is -0.118. The van der Waals surface area contributed by atoms with Crippen LogP contribution in [0.5, 0.6) is 5.75 Å². The van der Waals surface area contributed by atoms with E-state index < -0.39 is 0 Å². The number of carbonyl (C=O) groups excluding carboxylic acids is 1. The maximum absolute atomic E-state index is 12.2. The van der Waals surface area contributed by atoms with Crippen molar-refractivity contribution in [3.8, 4) is 5.75 Å². The highest BCUT2D eigenvalue weighted by atomic mass is 32.2. The highest BCUT2D eigenvalue weighted by Gasteiger charge is 2.30. The first-order valence-electron chi connectivity index (χ1n) is 8.89. The van der Waals surface area contributed by atoms with Crippen molar-refractivity contribution in [2.24, 2.45) is 17.3 Å². The summed E-state index contributed by atoms with van der Waals surface area (Å²) in [4.78, 5) is 12.2. The normalized spacial score (nSPS) is 18.3. The molecule has 1 aliphatic heterocycles. The Morgan fingerprint density at radius 2 is 2.00 bits per heavy atom. The molecule has 1 N–H and O–H groups in total. The molecule has 6 nitrogen and oxygen atoms in total. The molecule has 7 heteroatoms. The highest BCUT2D eigenvalue weighted by molar-refractivity contribution is 8.15. The number of para-hydroxylation sites is 1. The van der Waals surface area contributed by atoms with Gasteiger partial charge in [0.15, 0.2) is 5.17 Å². The van der Waals surface area contributed by atoms with E-state index in [1.807, 2.05) is 49.6 Å². The average molecular weight is 392 g/mol. The number of benzene rings is 2. The van der Waals surface area contributed by atoms with Crippen LogP contribution < -0.4 is 10.1 Å². The Labute approximate surface area is 167 Å². The number of amidine groups is 1. The maximum atomic E-state index is 12.2. The van der Waals surface area contributed by atoms with Gasteiger partial charge in [-0.3, -0.25) is 4.79 Å². The van der Waals surface area contributed by atoms with Crippen molar-refractivity contribution >= 4 is 40.0 Å². The predicted molar refractivity (Wildman–Crippen MR) is 114 cm³/mol. The van der Waals surface area contributed by atoms with Crippen molar-refractivity contribution in [2.45, 2.75) is 11.7 Å². The summed E-state index contributed by atoms with van der Waals surface area (Å²) in [5.41, 5.74) is 3.21. The summed E-state index contributed by atoms with van der Waals surface area (Å²) in [5, 5.41) is 12.6. The van der Waals surface area contributed by atoms with Gasteiger partial charge in [-0.05, 0) is 30.2 Å². The molecule has 0 unspecified atom stereocenters. The smallest absolute Gasteiger partial charge is 0.239 e. The number of thioether (sulfide) groups is 1. The lowest BCUT2D eigenvalue weighted by Crippen LogP contribution is -2.25. The molecule has 142 valence electrons. The summed E-state index contributed by atoms with van der Waals surface area (Å²) in [6.07, 6.45) is 4.37. The van der Waals surface area contributed by atoms with E-state index in [1.54, 1.807) is 13.3 Å². The van der Waals surface area contributed by atoms with E-state index >= 15 is 0 Å². The topological polar surface area (TPSA) is 68.0 Å². The van der Waals surface area contributed by atoms with Gasteiger partial charge < -0.3 is 14.6 Å². The Bertz CT molecular complexity index is 1070. The summed E-state index contributed by atoms with van der Waals surface area (Å²) in [7, 11) is 3.64. The van der Waals surface area contributed by atoms with Crippen LogP contribution >= 0.6 is 11.8 Å². The minimum Gasteiger partial charge on any atom is -0.497 e. The lowest BCUT2D eigenvalue weighted by Gasteiger charge is -2.06. The van der Waals surface area contributed by atoms with Gasteiger partial charge in [-0.2, -0.15) is 5.10 Å². The number of nitrogens with zero attached hydrogens (tertiary/aromatic N) is 3. The molecule has 1 aliphatic rings. The predicted octanol–water partition coefficient (Wildman–Crippen LogP) is 3.35. The van der Waals surface area contributed by atoms with E-state index in [4.69, 9.17) is 4.74 Å². The van der Waals surface area contributed by atoms with Crippen LogP contribution in [0.15, 0.2) is 64.9 Å². The summed E-state index contributed by atoms with van der Waals surface area (Å²) < 4.78 is 7.22. The molecular formula is C21H20N4O2S. The van der Waals surface area contributed by atoms with E-state index in [0.29, 0.717) is 11.6 Å². The summed E-state index contributed by atoms with van der Waals surface area (Å²) in [5.74, 6) is 0.761. The summed E-state index contributed by atoms with van der Waals surface area (Å²) >= 11 is 1.41. The molecule has 2 aromatic carbocycles. The quantitative estimate of drug-likeness (QED) is 0.535. The molecule has 1 amide bonds. The van der Waals surface area contributed by atoms with Crippen molar-refractivity contribution in [1.82, 2.24) is 9.88 Å². The molecule has 1 fully saturated rings. The second-order valence-corrected chi connectivity index (χ2v) is 7.70. The van der Waals surface area contributed by atoms with Crippen LogP contribution in [0, 0.1) is 0 Å². The van der Waals surface area contributed by atoms with E-state index in [1.165, 1.54) is 11.8 Å². The number of ether oxygens (including phenoxy) is 1. The van der Waals surface area contributed by atoms with Crippen molar-refractivity contribution in [3.63, 3.8) is 0 Å². The number of amides is 1. The second kappa shape index (κ2) is 7.90. The van der Waals surface area contributed by atoms with Crippen LogP contribution in [0.25, 0.3) is 10.9 Å². The monoisotopic (exact) mass is 392 g/mol. The fourth-order valence-corrected chi connectivity index (χ4v) is 4.15. The first-order chi connectivity index (χ1) is 13.6. The number of rotatable bonds is 5.